The molecular formula is C20H28N2O3. The van der Waals surface area contributed by atoms with Crippen LogP contribution >= 0.6 is 0 Å². The summed E-state index contributed by atoms with van der Waals surface area (Å²) in [6, 6.07) is 3.19. The summed E-state index contributed by atoms with van der Waals surface area (Å²) < 4.78 is 1.64. The highest BCUT2D eigenvalue weighted by Gasteiger charge is 2.57. The molecule has 0 radical (unpaired) electrons. The molecule has 2 atom stereocenters. The van der Waals surface area contributed by atoms with Gasteiger partial charge < -0.3 is 15.0 Å². The average molecular weight is 344 g/mol. The molecule has 1 heterocycles. The van der Waals surface area contributed by atoms with E-state index in [0.29, 0.717) is 30.5 Å². The third kappa shape index (κ3) is 3.26. The Morgan fingerprint density at radius 2 is 2.00 bits per heavy atom. The molecule has 4 aliphatic carbocycles. The normalized spacial score (nSPS) is 35.8. The zero-order chi connectivity index (χ0) is 17.7. The average Bonchev–Trinajstić information content (AvgIpc) is 2.47. The van der Waals surface area contributed by atoms with Crippen molar-refractivity contribution in [1.82, 2.24) is 4.57 Å². The van der Waals surface area contributed by atoms with Crippen molar-refractivity contribution >= 4 is 11.6 Å². The molecule has 2 N–H and O–H groups in total. The van der Waals surface area contributed by atoms with Crippen molar-refractivity contribution < 1.29 is 9.90 Å². The summed E-state index contributed by atoms with van der Waals surface area (Å²) in [7, 11) is 0. The number of carbonyl (C=O) groups is 1. The Balaban J connectivity index is 1.46. The minimum Gasteiger partial charge on any atom is -0.390 e. The molecule has 0 spiro atoms. The summed E-state index contributed by atoms with van der Waals surface area (Å²) in [5.41, 5.74) is 0.0871. The van der Waals surface area contributed by atoms with Crippen molar-refractivity contribution in [1.29, 1.82) is 0 Å². The highest BCUT2D eigenvalue weighted by molar-refractivity contribution is 5.91. The Bertz CT molecular complexity index is 725. The van der Waals surface area contributed by atoms with Crippen LogP contribution in [0.25, 0.3) is 0 Å². The predicted molar refractivity (Wildman–Crippen MR) is 96.3 cm³/mol. The number of nitrogens with zero attached hydrogens (tertiary/aromatic N) is 1. The smallest absolute Gasteiger partial charge is 0.250 e. The van der Waals surface area contributed by atoms with Crippen molar-refractivity contribution in [3.8, 4) is 0 Å². The minimum atomic E-state index is -0.529. The molecular weight excluding hydrogens is 316 g/mol. The summed E-state index contributed by atoms with van der Waals surface area (Å²) in [4.78, 5) is 24.5. The first-order valence-corrected chi connectivity index (χ1v) is 9.61. The quantitative estimate of drug-likeness (QED) is 0.863. The van der Waals surface area contributed by atoms with E-state index in [1.54, 1.807) is 16.8 Å². The molecule has 0 unspecified atom stereocenters. The SMILES string of the molecule is CCCn1cc(NC(=O)CC23C[C@H]4C[C@@H](CC(O)(C4)C2)C3)ccc1=O. The van der Waals surface area contributed by atoms with E-state index >= 15 is 0 Å². The Morgan fingerprint density at radius 1 is 1.28 bits per heavy atom. The van der Waals surface area contributed by atoms with Gasteiger partial charge in [0.15, 0.2) is 0 Å². The van der Waals surface area contributed by atoms with E-state index in [9.17, 15) is 14.7 Å². The number of hydrogen-bond acceptors (Lipinski definition) is 3. The molecule has 4 aliphatic rings. The molecule has 136 valence electrons. The number of pyridine rings is 1. The number of aryl methyl sites for hydroxylation is 1. The first-order chi connectivity index (χ1) is 11.9. The van der Waals surface area contributed by atoms with Crippen LogP contribution in [0.5, 0.6) is 0 Å². The lowest BCUT2D eigenvalue weighted by Crippen LogP contribution is -2.56. The van der Waals surface area contributed by atoms with Crippen LogP contribution in [-0.4, -0.2) is 21.2 Å². The standard InChI is InChI=1S/C20H28N2O3/c1-2-5-22-12-16(3-4-18(22)24)21-17(23)11-19-7-14-6-15(8-19)10-20(25,9-14)13-19/h3-4,12,14-15,25H,2,5-11,13H2,1H3,(H,21,23)/t14-,15-,19?,20?/m1/s1. The monoisotopic (exact) mass is 344 g/mol. The van der Waals surface area contributed by atoms with Gasteiger partial charge in [0.05, 0.1) is 11.3 Å². The van der Waals surface area contributed by atoms with Crippen LogP contribution in [0.15, 0.2) is 23.1 Å². The predicted octanol–water partition coefficient (Wildman–Crippen LogP) is 2.92. The fourth-order valence-corrected chi connectivity index (χ4v) is 6.18. The number of carbonyl (C=O) groups excluding carboxylic acids is 1. The maximum absolute atomic E-state index is 12.7. The van der Waals surface area contributed by atoms with Gasteiger partial charge in [0.1, 0.15) is 0 Å². The summed E-state index contributed by atoms with van der Waals surface area (Å²) in [5.74, 6) is 1.18. The van der Waals surface area contributed by atoms with Gasteiger partial charge in [0.2, 0.25) is 5.91 Å². The lowest BCUT2D eigenvalue weighted by molar-refractivity contribution is -0.167. The summed E-state index contributed by atoms with van der Waals surface area (Å²) >= 11 is 0. The molecule has 5 heteroatoms. The Labute approximate surface area is 148 Å². The Kier molecular flexibility index (Phi) is 4.02. The van der Waals surface area contributed by atoms with E-state index in [2.05, 4.69) is 5.32 Å². The fourth-order valence-electron chi connectivity index (χ4n) is 6.18. The van der Waals surface area contributed by atoms with Crippen LogP contribution in [0.4, 0.5) is 5.69 Å². The van der Waals surface area contributed by atoms with E-state index in [-0.39, 0.29) is 16.9 Å². The molecule has 1 aromatic heterocycles. The lowest BCUT2D eigenvalue weighted by Gasteiger charge is -2.60. The second-order valence-electron chi connectivity index (χ2n) is 8.86. The number of hydrogen-bond donors (Lipinski definition) is 2. The number of nitrogens with one attached hydrogen (secondary N) is 1. The molecule has 5 nitrogen and oxygen atoms in total. The molecule has 0 saturated heterocycles. The first kappa shape index (κ1) is 16.8. The Hall–Kier alpha value is -1.62. The van der Waals surface area contributed by atoms with Crippen LogP contribution < -0.4 is 10.9 Å². The van der Waals surface area contributed by atoms with Crippen LogP contribution in [0.2, 0.25) is 0 Å². The minimum absolute atomic E-state index is 0.00671. The van der Waals surface area contributed by atoms with E-state index in [0.717, 1.165) is 38.5 Å². The third-order valence-corrected chi connectivity index (χ3v) is 6.42. The second kappa shape index (κ2) is 5.97. The maximum atomic E-state index is 12.7. The highest BCUT2D eigenvalue weighted by Crippen LogP contribution is 2.62. The molecule has 25 heavy (non-hydrogen) atoms. The van der Waals surface area contributed by atoms with E-state index in [4.69, 9.17) is 0 Å². The maximum Gasteiger partial charge on any atom is 0.250 e. The zero-order valence-corrected chi connectivity index (χ0v) is 15.0. The van der Waals surface area contributed by atoms with Gasteiger partial charge >= 0.3 is 0 Å². The lowest BCUT2D eigenvalue weighted by atomic mass is 9.47. The summed E-state index contributed by atoms with van der Waals surface area (Å²) in [6.45, 7) is 2.68. The van der Waals surface area contributed by atoms with Gasteiger partial charge in [-0.15, -0.1) is 0 Å². The molecule has 1 aromatic rings. The van der Waals surface area contributed by atoms with Crippen LogP contribution in [0.1, 0.15) is 58.3 Å². The molecule has 5 rings (SSSR count). The van der Waals surface area contributed by atoms with Crippen molar-refractivity contribution in [2.45, 2.75) is 70.4 Å². The van der Waals surface area contributed by atoms with Crippen molar-refractivity contribution in [2.24, 2.45) is 17.3 Å². The molecule has 4 fully saturated rings. The molecule has 4 bridgehead atoms. The number of aliphatic hydroxyl groups is 1. The van der Waals surface area contributed by atoms with Crippen LogP contribution in [0, 0.1) is 17.3 Å². The number of aromatic nitrogens is 1. The van der Waals surface area contributed by atoms with Gasteiger partial charge in [-0.1, -0.05) is 6.92 Å². The van der Waals surface area contributed by atoms with Crippen LogP contribution in [-0.2, 0) is 11.3 Å². The molecule has 4 saturated carbocycles. The number of anilines is 1. The van der Waals surface area contributed by atoms with Crippen molar-refractivity contribution in [2.75, 3.05) is 5.32 Å². The van der Waals surface area contributed by atoms with Crippen LogP contribution in [0.3, 0.4) is 0 Å². The first-order valence-electron chi connectivity index (χ1n) is 9.61. The fraction of sp³-hybridized carbons (Fsp3) is 0.700. The number of amides is 1. The van der Waals surface area contributed by atoms with Gasteiger partial charge in [-0.05, 0) is 68.3 Å². The Morgan fingerprint density at radius 3 is 2.64 bits per heavy atom. The van der Waals surface area contributed by atoms with Gasteiger partial charge in [0.25, 0.3) is 5.56 Å². The molecule has 0 aromatic carbocycles. The second-order valence-corrected chi connectivity index (χ2v) is 8.86. The van der Waals surface area contributed by atoms with E-state index < -0.39 is 5.60 Å². The third-order valence-electron chi connectivity index (χ3n) is 6.42. The largest absolute Gasteiger partial charge is 0.390 e. The van der Waals surface area contributed by atoms with E-state index in [1.165, 1.54) is 12.5 Å². The number of rotatable bonds is 5. The van der Waals surface area contributed by atoms with Gasteiger partial charge in [-0.25, -0.2) is 0 Å². The zero-order valence-electron chi connectivity index (χ0n) is 15.0. The molecule has 1 amide bonds. The van der Waals surface area contributed by atoms with E-state index in [1.807, 2.05) is 6.92 Å². The van der Waals surface area contributed by atoms with Gasteiger partial charge in [0, 0.05) is 25.2 Å². The van der Waals surface area contributed by atoms with Gasteiger partial charge in [-0.3, -0.25) is 9.59 Å². The topological polar surface area (TPSA) is 71.3 Å². The molecule has 0 aliphatic heterocycles. The van der Waals surface area contributed by atoms with Crippen molar-refractivity contribution in [3.63, 3.8) is 0 Å². The van der Waals surface area contributed by atoms with Crippen molar-refractivity contribution in [3.05, 3.63) is 28.7 Å². The summed E-state index contributed by atoms with van der Waals surface area (Å²) in [5, 5.41) is 13.8. The summed E-state index contributed by atoms with van der Waals surface area (Å²) in [6.07, 6.45) is 9.10. The van der Waals surface area contributed by atoms with Gasteiger partial charge in [-0.2, -0.15) is 0 Å². The highest BCUT2D eigenvalue weighted by atomic mass is 16.3.